The number of methoxy groups -OCH3 is 1. The van der Waals surface area contributed by atoms with Crippen molar-refractivity contribution in [2.75, 3.05) is 12.0 Å². The van der Waals surface area contributed by atoms with Gasteiger partial charge in [-0.3, -0.25) is 9.59 Å². The average Bonchev–Trinajstić information content (AvgIpc) is 2.91. The van der Waals surface area contributed by atoms with Crippen LogP contribution in [-0.4, -0.2) is 18.3 Å². The summed E-state index contributed by atoms with van der Waals surface area (Å²) in [5.41, 5.74) is 4.33. The van der Waals surface area contributed by atoms with Gasteiger partial charge in [-0.25, -0.2) is 4.90 Å². The fourth-order valence-corrected chi connectivity index (χ4v) is 3.65. The number of ether oxygens (including phenoxy) is 1. The van der Waals surface area contributed by atoms with E-state index in [1.54, 1.807) is 7.11 Å². The lowest BCUT2D eigenvalue weighted by Crippen LogP contribution is -2.28. The largest absolute Gasteiger partial charge is 0.497 e. The number of amides is 2. The fourth-order valence-electron chi connectivity index (χ4n) is 2.76. The summed E-state index contributed by atoms with van der Waals surface area (Å²) in [6.45, 7) is 5.76. The molecule has 0 saturated carbocycles. The summed E-state index contributed by atoms with van der Waals surface area (Å²) in [7, 11) is 1.61. The number of hydrogen-bond donors (Lipinski definition) is 0. The number of benzene rings is 2. The summed E-state index contributed by atoms with van der Waals surface area (Å²) in [5.74, 6) is 0.483. The molecular weight excluding hydrogens is 334 g/mol. The first-order valence-electron chi connectivity index (χ1n) is 7.92. The molecule has 1 aliphatic rings. The lowest BCUT2D eigenvalue weighted by atomic mass is 10.1. The summed E-state index contributed by atoms with van der Waals surface area (Å²) in [6.07, 6.45) is 0. The number of rotatable bonds is 3. The van der Waals surface area contributed by atoms with Crippen LogP contribution in [0.5, 0.6) is 5.75 Å². The molecule has 2 aromatic carbocycles. The van der Waals surface area contributed by atoms with Crippen LogP contribution in [0.25, 0.3) is 5.57 Å². The molecule has 0 spiro atoms. The van der Waals surface area contributed by atoms with Gasteiger partial charge in [-0.2, -0.15) is 0 Å². The molecule has 1 aliphatic heterocycles. The SMILES string of the molecule is COc1ccc(/C(C)=C2\SC(=O)N(c3cccc(C)c3C)C2=O)cc1. The number of carbonyl (C=O) groups is 2. The minimum atomic E-state index is -0.267. The van der Waals surface area contributed by atoms with Gasteiger partial charge in [-0.15, -0.1) is 0 Å². The van der Waals surface area contributed by atoms with Gasteiger partial charge in [0.15, 0.2) is 0 Å². The van der Waals surface area contributed by atoms with Crippen LogP contribution in [0.4, 0.5) is 10.5 Å². The van der Waals surface area contributed by atoms with E-state index >= 15 is 0 Å². The first-order chi connectivity index (χ1) is 11.9. The van der Waals surface area contributed by atoms with Gasteiger partial charge < -0.3 is 4.74 Å². The zero-order valence-electron chi connectivity index (χ0n) is 14.6. The van der Waals surface area contributed by atoms with Crippen molar-refractivity contribution < 1.29 is 14.3 Å². The van der Waals surface area contributed by atoms with Gasteiger partial charge in [0, 0.05) is 0 Å². The Hall–Kier alpha value is -2.53. The second-order valence-electron chi connectivity index (χ2n) is 5.91. The van der Waals surface area contributed by atoms with Gasteiger partial charge in [0.05, 0.1) is 17.7 Å². The highest BCUT2D eigenvalue weighted by atomic mass is 32.2. The molecule has 1 heterocycles. The number of carbonyl (C=O) groups excluding carboxylic acids is 2. The van der Waals surface area contributed by atoms with Gasteiger partial charge in [0.2, 0.25) is 0 Å². The predicted octanol–water partition coefficient (Wildman–Crippen LogP) is 4.94. The second-order valence-corrected chi connectivity index (χ2v) is 6.87. The molecule has 0 radical (unpaired) electrons. The van der Waals surface area contributed by atoms with Gasteiger partial charge in [-0.1, -0.05) is 24.3 Å². The Morgan fingerprint density at radius 2 is 1.72 bits per heavy atom. The van der Waals surface area contributed by atoms with Crippen molar-refractivity contribution in [3.63, 3.8) is 0 Å². The van der Waals surface area contributed by atoms with Crippen molar-refractivity contribution in [2.24, 2.45) is 0 Å². The standard InChI is InChI=1S/C20H19NO3S/c1-12-6-5-7-17(13(12)2)21-19(22)18(25-20(21)23)14(3)15-8-10-16(24-4)11-9-15/h5-11H,1-4H3/b18-14-. The first-order valence-corrected chi connectivity index (χ1v) is 8.73. The minimum Gasteiger partial charge on any atom is -0.497 e. The van der Waals surface area contributed by atoms with Crippen molar-refractivity contribution in [3.05, 3.63) is 64.1 Å². The summed E-state index contributed by atoms with van der Waals surface area (Å²) in [6, 6.07) is 13.1. The third-order valence-electron chi connectivity index (χ3n) is 4.45. The van der Waals surface area contributed by atoms with Crippen molar-refractivity contribution >= 4 is 34.2 Å². The number of imide groups is 1. The Kier molecular flexibility index (Phi) is 4.68. The van der Waals surface area contributed by atoms with Crippen molar-refractivity contribution in [1.82, 2.24) is 0 Å². The van der Waals surface area contributed by atoms with Crippen LogP contribution in [-0.2, 0) is 4.79 Å². The Balaban J connectivity index is 2.01. The Morgan fingerprint density at radius 3 is 2.36 bits per heavy atom. The molecule has 5 heteroatoms. The summed E-state index contributed by atoms with van der Waals surface area (Å²) < 4.78 is 5.16. The van der Waals surface area contributed by atoms with E-state index in [0.717, 1.165) is 39.8 Å². The molecule has 2 aromatic rings. The van der Waals surface area contributed by atoms with Crippen LogP contribution >= 0.6 is 11.8 Å². The third-order valence-corrected chi connectivity index (χ3v) is 5.49. The molecule has 0 unspecified atom stereocenters. The molecule has 0 N–H and O–H groups in total. The van der Waals surface area contributed by atoms with Crippen molar-refractivity contribution in [2.45, 2.75) is 20.8 Å². The van der Waals surface area contributed by atoms with E-state index in [1.165, 1.54) is 4.90 Å². The minimum absolute atomic E-state index is 0.262. The average molecular weight is 353 g/mol. The van der Waals surface area contributed by atoms with E-state index in [-0.39, 0.29) is 11.1 Å². The van der Waals surface area contributed by atoms with Crippen molar-refractivity contribution in [1.29, 1.82) is 0 Å². The van der Waals surface area contributed by atoms with Gasteiger partial charge in [-0.05, 0) is 73.0 Å². The summed E-state index contributed by atoms with van der Waals surface area (Å²) in [5, 5.41) is -0.262. The highest BCUT2D eigenvalue weighted by molar-refractivity contribution is 8.19. The quantitative estimate of drug-likeness (QED) is 0.733. The molecule has 128 valence electrons. The lowest BCUT2D eigenvalue weighted by Gasteiger charge is -2.16. The van der Waals surface area contributed by atoms with Crippen LogP contribution in [0.15, 0.2) is 47.4 Å². The maximum Gasteiger partial charge on any atom is 0.298 e. The Labute approximate surface area is 151 Å². The van der Waals surface area contributed by atoms with E-state index in [9.17, 15) is 9.59 Å². The number of thioether (sulfide) groups is 1. The second kappa shape index (κ2) is 6.76. The van der Waals surface area contributed by atoms with E-state index in [1.807, 2.05) is 63.2 Å². The molecule has 2 amide bonds. The molecule has 0 aromatic heterocycles. The highest BCUT2D eigenvalue weighted by Crippen LogP contribution is 2.40. The lowest BCUT2D eigenvalue weighted by molar-refractivity contribution is -0.113. The van der Waals surface area contributed by atoms with Crippen LogP contribution in [0, 0.1) is 13.8 Å². The molecule has 1 fully saturated rings. The Morgan fingerprint density at radius 1 is 1.04 bits per heavy atom. The van der Waals surface area contributed by atoms with Crippen LogP contribution in [0.1, 0.15) is 23.6 Å². The molecule has 25 heavy (non-hydrogen) atoms. The molecule has 1 saturated heterocycles. The smallest absolute Gasteiger partial charge is 0.298 e. The van der Waals surface area contributed by atoms with Gasteiger partial charge >= 0.3 is 0 Å². The molecular formula is C20H19NO3S. The summed E-state index contributed by atoms with van der Waals surface area (Å²) in [4.78, 5) is 27.2. The number of anilines is 1. The zero-order chi connectivity index (χ0) is 18.1. The zero-order valence-corrected chi connectivity index (χ0v) is 15.4. The van der Waals surface area contributed by atoms with E-state index < -0.39 is 0 Å². The normalized spacial score (nSPS) is 16.4. The van der Waals surface area contributed by atoms with E-state index in [4.69, 9.17) is 4.74 Å². The maximum absolute atomic E-state index is 12.9. The molecule has 4 nitrogen and oxygen atoms in total. The topological polar surface area (TPSA) is 46.6 Å². The molecule has 3 rings (SSSR count). The highest BCUT2D eigenvalue weighted by Gasteiger charge is 2.38. The summed E-state index contributed by atoms with van der Waals surface area (Å²) >= 11 is 0.990. The first kappa shape index (κ1) is 17.3. The number of aryl methyl sites for hydroxylation is 1. The van der Waals surface area contributed by atoms with Crippen molar-refractivity contribution in [3.8, 4) is 5.75 Å². The Bertz CT molecular complexity index is 884. The number of nitrogens with zero attached hydrogens (tertiary/aromatic N) is 1. The predicted molar refractivity (Wildman–Crippen MR) is 102 cm³/mol. The third kappa shape index (κ3) is 3.07. The number of hydrogen-bond acceptors (Lipinski definition) is 4. The van der Waals surface area contributed by atoms with Gasteiger partial charge in [0.1, 0.15) is 5.75 Å². The van der Waals surface area contributed by atoms with Crippen LogP contribution in [0.3, 0.4) is 0 Å². The van der Waals surface area contributed by atoms with Gasteiger partial charge in [0.25, 0.3) is 11.1 Å². The maximum atomic E-state index is 12.9. The molecule has 0 atom stereocenters. The van der Waals surface area contributed by atoms with Crippen LogP contribution in [0.2, 0.25) is 0 Å². The van der Waals surface area contributed by atoms with E-state index in [2.05, 4.69) is 0 Å². The monoisotopic (exact) mass is 353 g/mol. The molecule has 0 bridgehead atoms. The van der Waals surface area contributed by atoms with E-state index in [0.29, 0.717) is 10.6 Å². The van der Waals surface area contributed by atoms with Crippen LogP contribution < -0.4 is 9.64 Å². The fraction of sp³-hybridized carbons (Fsp3) is 0.200. The number of allylic oxidation sites excluding steroid dienone is 1. The molecule has 0 aliphatic carbocycles.